The van der Waals surface area contributed by atoms with Crippen LogP contribution in [-0.4, -0.2) is 18.5 Å². The van der Waals surface area contributed by atoms with Gasteiger partial charge in [0.05, 0.1) is 12.5 Å². The van der Waals surface area contributed by atoms with Crippen molar-refractivity contribution < 1.29 is 9.53 Å². The Morgan fingerprint density at radius 1 is 1.14 bits per heavy atom. The van der Waals surface area contributed by atoms with Gasteiger partial charge in [0.1, 0.15) is 0 Å². The lowest BCUT2D eigenvalue weighted by atomic mass is 9.86. The highest BCUT2D eigenvalue weighted by atomic mass is 35.5. The average Bonchev–Trinajstić information content (AvgIpc) is 2.51. The van der Waals surface area contributed by atoms with E-state index in [1.807, 2.05) is 0 Å². The van der Waals surface area contributed by atoms with Gasteiger partial charge < -0.3 is 4.74 Å². The largest absolute Gasteiger partial charge is 0.465 e. The number of carbonyl (C=O) groups excluding carboxylic acids is 1. The highest BCUT2D eigenvalue weighted by Gasteiger charge is 2.25. The van der Waals surface area contributed by atoms with Crippen molar-refractivity contribution in [2.45, 2.75) is 78.1 Å². The molecular formula is C19H33ClO2. The number of carbonyl (C=O) groups is 1. The number of esters is 1. The van der Waals surface area contributed by atoms with Crippen LogP contribution < -0.4 is 0 Å². The molecule has 0 saturated heterocycles. The fraction of sp³-hybridized carbons (Fsp3) is 0.842. The number of hydrogen-bond donors (Lipinski definition) is 0. The van der Waals surface area contributed by atoms with Crippen LogP contribution in [-0.2, 0) is 9.53 Å². The van der Waals surface area contributed by atoms with Crippen LogP contribution in [0.5, 0.6) is 0 Å². The molecule has 2 unspecified atom stereocenters. The van der Waals surface area contributed by atoms with Gasteiger partial charge in [0.25, 0.3) is 0 Å². The number of halogens is 1. The molecule has 2 nitrogen and oxygen atoms in total. The van der Waals surface area contributed by atoms with Gasteiger partial charge in [0.2, 0.25) is 0 Å². The van der Waals surface area contributed by atoms with Crippen LogP contribution in [0.25, 0.3) is 0 Å². The van der Waals surface area contributed by atoms with Gasteiger partial charge in [-0.05, 0) is 38.0 Å². The summed E-state index contributed by atoms with van der Waals surface area (Å²) < 4.78 is 5.49. The summed E-state index contributed by atoms with van der Waals surface area (Å²) in [5.41, 5.74) is 0. The van der Waals surface area contributed by atoms with Crippen molar-refractivity contribution in [2.75, 3.05) is 12.5 Å². The van der Waals surface area contributed by atoms with E-state index in [4.69, 9.17) is 22.8 Å². The molecule has 0 radical (unpaired) electrons. The van der Waals surface area contributed by atoms with Crippen LogP contribution in [0.1, 0.15) is 78.1 Å². The molecule has 0 N–H and O–H groups in total. The molecular weight excluding hydrogens is 296 g/mol. The molecule has 0 aliphatic rings. The van der Waals surface area contributed by atoms with E-state index in [9.17, 15) is 4.79 Å². The monoisotopic (exact) mass is 328 g/mol. The third-order valence-electron chi connectivity index (χ3n) is 4.11. The van der Waals surface area contributed by atoms with Crippen LogP contribution in [0.2, 0.25) is 0 Å². The minimum absolute atomic E-state index is 0.0350. The van der Waals surface area contributed by atoms with Crippen LogP contribution in [0.4, 0.5) is 0 Å². The molecule has 0 aromatic heterocycles. The second-order valence-electron chi connectivity index (χ2n) is 6.09. The minimum atomic E-state index is -0.0474. The van der Waals surface area contributed by atoms with Gasteiger partial charge in [0, 0.05) is 12.3 Å². The molecule has 2 atom stereocenters. The van der Waals surface area contributed by atoms with E-state index in [2.05, 4.69) is 19.8 Å². The van der Waals surface area contributed by atoms with Crippen molar-refractivity contribution in [3.05, 3.63) is 0 Å². The van der Waals surface area contributed by atoms with Gasteiger partial charge in [0.15, 0.2) is 0 Å². The molecule has 128 valence electrons. The van der Waals surface area contributed by atoms with Crippen molar-refractivity contribution in [3.63, 3.8) is 0 Å². The van der Waals surface area contributed by atoms with E-state index in [1.165, 1.54) is 19.3 Å². The number of terminal acetylenes is 1. The van der Waals surface area contributed by atoms with E-state index in [-0.39, 0.29) is 11.9 Å². The predicted molar refractivity (Wildman–Crippen MR) is 95.0 cm³/mol. The summed E-state index contributed by atoms with van der Waals surface area (Å²) in [4.78, 5) is 12.3. The maximum absolute atomic E-state index is 12.3. The SMILES string of the molecule is C#CCCCC(C)C(CCCCl)C(=O)OCCCCCCC. The molecule has 22 heavy (non-hydrogen) atoms. The third-order valence-corrected chi connectivity index (χ3v) is 4.38. The molecule has 0 spiro atoms. The van der Waals surface area contributed by atoms with Crippen LogP contribution >= 0.6 is 11.6 Å². The zero-order valence-electron chi connectivity index (χ0n) is 14.4. The van der Waals surface area contributed by atoms with Crippen LogP contribution in [0, 0.1) is 24.2 Å². The molecule has 3 heteroatoms. The number of alkyl halides is 1. The van der Waals surface area contributed by atoms with E-state index in [0.717, 1.165) is 44.9 Å². The number of rotatable bonds is 14. The zero-order valence-corrected chi connectivity index (χ0v) is 15.2. The Morgan fingerprint density at radius 3 is 2.50 bits per heavy atom. The second kappa shape index (κ2) is 15.2. The van der Waals surface area contributed by atoms with Gasteiger partial charge >= 0.3 is 5.97 Å². The summed E-state index contributed by atoms with van der Waals surface area (Å²) in [5.74, 6) is 3.48. The Labute approximate surface area is 142 Å². The number of unbranched alkanes of at least 4 members (excludes halogenated alkanes) is 5. The molecule has 0 saturated carbocycles. The molecule has 0 aromatic carbocycles. The van der Waals surface area contributed by atoms with Gasteiger partial charge in [-0.25, -0.2) is 0 Å². The summed E-state index contributed by atoms with van der Waals surface area (Å²) in [6, 6.07) is 0. The predicted octanol–water partition coefficient (Wildman–Crippen LogP) is 5.57. The van der Waals surface area contributed by atoms with E-state index in [1.54, 1.807) is 0 Å². The fourth-order valence-corrected chi connectivity index (χ4v) is 2.80. The lowest BCUT2D eigenvalue weighted by Gasteiger charge is -2.22. The van der Waals surface area contributed by atoms with Crippen molar-refractivity contribution in [1.82, 2.24) is 0 Å². The van der Waals surface area contributed by atoms with Crippen molar-refractivity contribution in [3.8, 4) is 12.3 Å². The summed E-state index contributed by atoms with van der Waals surface area (Å²) in [6.07, 6.45) is 15.5. The van der Waals surface area contributed by atoms with Crippen LogP contribution in [0.15, 0.2) is 0 Å². The first kappa shape index (κ1) is 21.3. The van der Waals surface area contributed by atoms with Gasteiger partial charge in [-0.2, -0.15) is 0 Å². The fourth-order valence-electron chi connectivity index (χ4n) is 2.64. The second-order valence-corrected chi connectivity index (χ2v) is 6.47. The zero-order chi connectivity index (χ0) is 16.6. The highest BCUT2D eigenvalue weighted by molar-refractivity contribution is 6.17. The lowest BCUT2D eigenvalue weighted by molar-refractivity contribution is -0.150. The highest BCUT2D eigenvalue weighted by Crippen LogP contribution is 2.24. The topological polar surface area (TPSA) is 26.3 Å². The molecule has 0 amide bonds. The van der Waals surface area contributed by atoms with Gasteiger partial charge in [-0.15, -0.1) is 23.9 Å². The first-order valence-corrected chi connectivity index (χ1v) is 9.36. The first-order valence-electron chi connectivity index (χ1n) is 8.83. The minimum Gasteiger partial charge on any atom is -0.465 e. The Balaban J connectivity index is 4.12. The van der Waals surface area contributed by atoms with E-state index >= 15 is 0 Å². The Bertz CT molecular complexity index is 309. The first-order chi connectivity index (χ1) is 10.7. The van der Waals surface area contributed by atoms with Crippen molar-refractivity contribution in [1.29, 1.82) is 0 Å². The number of ether oxygens (including phenoxy) is 1. The average molecular weight is 329 g/mol. The Morgan fingerprint density at radius 2 is 1.86 bits per heavy atom. The molecule has 0 aromatic rings. The summed E-state index contributed by atoms with van der Waals surface area (Å²) in [6.45, 7) is 4.87. The summed E-state index contributed by atoms with van der Waals surface area (Å²) in [7, 11) is 0. The van der Waals surface area contributed by atoms with E-state index < -0.39 is 0 Å². The standard InChI is InChI=1S/C19H33ClO2/c1-4-6-8-9-11-16-22-19(21)18(14-12-15-20)17(3)13-10-7-5-2/h2,17-18H,4,6-16H2,1,3H3. The molecule has 0 heterocycles. The maximum atomic E-state index is 12.3. The molecule has 0 rings (SSSR count). The van der Waals surface area contributed by atoms with E-state index in [0.29, 0.717) is 18.4 Å². The normalized spacial score (nSPS) is 13.4. The van der Waals surface area contributed by atoms with Gasteiger partial charge in [-0.3, -0.25) is 4.79 Å². The lowest BCUT2D eigenvalue weighted by Crippen LogP contribution is -2.25. The van der Waals surface area contributed by atoms with Crippen LogP contribution in [0.3, 0.4) is 0 Å². The smallest absolute Gasteiger partial charge is 0.309 e. The number of hydrogen-bond acceptors (Lipinski definition) is 2. The van der Waals surface area contributed by atoms with Crippen molar-refractivity contribution >= 4 is 17.6 Å². The molecule has 0 aliphatic carbocycles. The Hall–Kier alpha value is -0.680. The van der Waals surface area contributed by atoms with Crippen molar-refractivity contribution in [2.24, 2.45) is 11.8 Å². The van der Waals surface area contributed by atoms with Gasteiger partial charge in [-0.1, -0.05) is 39.5 Å². The molecule has 0 aliphatic heterocycles. The Kier molecular flexibility index (Phi) is 14.8. The summed E-state index contributed by atoms with van der Waals surface area (Å²) in [5, 5.41) is 0. The summed E-state index contributed by atoms with van der Waals surface area (Å²) >= 11 is 5.78. The molecule has 0 bridgehead atoms. The molecule has 0 fully saturated rings. The third kappa shape index (κ3) is 11.0. The quantitative estimate of drug-likeness (QED) is 0.180. The maximum Gasteiger partial charge on any atom is 0.309 e.